The Hall–Kier alpha value is -1.36. The lowest BCUT2D eigenvalue weighted by molar-refractivity contribution is 0.294. The SMILES string of the molecule is CCc1nc(NC)c(C)c(NC(C)CN(CC)CC)n1. The van der Waals surface area contributed by atoms with Crippen molar-refractivity contribution in [1.82, 2.24) is 14.9 Å². The average Bonchev–Trinajstić information content (AvgIpc) is 2.46. The molecule has 20 heavy (non-hydrogen) atoms. The summed E-state index contributed by atoms with van der Waals surface area (Å²) in [6, 6.07) is 0.359. The van der Waals surface area contributed by atoms with Gasteiger partial charge in [-0.05, 0) is 26.9 Å². The molecule has 0 saturated heterocycles. The molecule has 0 fully saturated rings. The lowest BCUT2D eigenvalue weighted by Gasteiger charge is -2.24. The Kier molecular flexibility index (Phi) is 6.71. The minimum Gasteiger partial charge on any atom is -0.373 e. The summed E-state index contributed by atoms with van der Waals surface area (Å²) in [5, 5.41) is 6.67. The highest BCUT2D eigenvalue weighted by Gasteiger charge is 2.13. The van der Waals surface area contributed by atoms with Crippen molar-refractivity contribution in [2.45, 2.75) is 47.1 Å². The van der Waals surface area contributed by atoms with Crippen molar-refractivity contribution in [3.05, 3.63) is 11.4 Å². The first-order chi connectivity index (χ1) is 9.55. The second-order valence-corrected chi connectivity index (χ2v) is 5.10. The van der Waals surface area contributed by atoms with Crippen LogP contribution in [0.4, 0.5) is 11.6 Å². The topological polar surface area (TPSA) is 53.1 Å². The van der Waals surface area contributed by atoms with Crippen LogP contribution in [0.3, 0.4) is 0 Å². The summed E-state index contributed by atoms with van der Waals surface area (Å²) in [5.74, 6) is 2.73. The van der Waals surface area contributed by atoms with Crippen molar-refractivity contribution in [2.75, 3.05) is 37.3 Å². The number of nitrogens with one attached hydrogen (secondary N) is 2. The van der Waals surface area contributed by atoms with Crippen molar-refractivity contribution in [2.24, 2.45) is 0 Å². The van der Waals surface area contributed by atoms with Crippen LogP contribution in [0.2, 0.25) is 0 Å². The van der Waals surface area contributed by atoms with E-state index in [9.17, 15) is 0 Å². The van der Waals surface area contributed by atoms with Crippen LogP contribution in [0.5, 0.6) is 0 Å². The first-order valence-corrected chi connectivity index (χ1v) is 7.59. The summed E-state index contributed by atoms with van der Waals surface area (Å²) in [6.45, 7) is 13.9. The van der Waals surface area contributed by atoms with Crippen LogP contribution in [0.25, 0.3) is 0 Å². The van der Waals surface area contributed by atoms with Gasteiger partial charge < -0.3 is 15.5 Å². The lowest BCUT2D eigenvalue weighted by Crippen LogP contribution is -2.35. The van der Waals surface area contributed by atoms with E-state index in [1.54, 1.807) is 0 Å². The molecular weight excluding hydrogens is 250 g/mol. The van der Waals surface area contributed by atoms with Gasteiger partial charge in [-0.15, -0.1) is 0 Å². The zero-order valence-electron chi connectivity index (χ0n) is 13.7. The maximum absolute atomic E-state index is 4.62. The summed E-state index contributed by atoms with van der Waals surface area (Å²) < 4.78 is 0. The molecular formula is C15H29N5. The van der Waals surface area contributed by atoms with E-state index in [2.05, 4.69) is 60.1 Å². The van der Waals surface area contributed by atoms with E-state index < -0.39 is 0 Å². The van der Waals surface area contributed by atoms with E-state index in [0.29, 0.717) is 6.04 Å². The fourth-order valence-electron chi connectivity index (χ4n) is 2.25. The molecule has 1 unspecified atom stereocenters. The van der Waals surface area contributed by atoms with Crippen molar-refractivity contribution >= 4 is 11.6 Å². The van der Waals surface area contributed by atoms with E-state index in [1.165, 1.54) is 0 Å². The van der Waals surface area contributed by atoms with Gasteiger partial charge in [-0.25, -0.2) is 9.97 Å². The van der Waals surface area contributed by atoms with E-state index in [1.807, 2.05) is 7.05 Å². The van der Waals surface area contributed by atoms with Crippen molar-refractivity contribution in [1.29, 1.82) is 0 Å². The number of anilines is 2. The molecule has 0 spiro atoms. The molecule has 5 nitrogen and oxygen atoms in total. The Morgan fingerprint density at radius 3 is 2.20 bits per heavy atom. The van der Waals surface area contributed by atoms with Crippen LogP contribution in [0.15, 0.2) is 0 Å². The van der Waals surface area contributed by atoms with E-state index in [-0.39, 0.29) is 0 Å². The monoisotopic (exact) mass is 279 g/mol. The van der Waals surface area contributed by atoms with Crippen LogP contribution in [0.1, 0.15) is 39.1 Å². The summed E-state index contributed by atoms with van der Waals surface area (Å²) in [5.41, 5.74) is 1.08. The Morgan fingerprint density at radius 2 is 1.70 bits per heavy atom. The minimum atomic E-state index is 0.359. The maximum atomic E-state index is 4.62. The van der Waals surface area contributed by atoms with Gasteiger partial charge in [0, 0.05) is 31.6 Å². The molecule has 1 rings (SSSR count). The lowest BCUT2D eigenvalue weighted by atomic mass is 10.2. The predicted molar refractivity (Wildman–Crippen MR) is 86.6 cm³/mol. The first kappa shape index (κ1) is 16.7. The number of aromatic nitrogens is 2. The van der Waals surface area contributed by atoms with Gasteiger partial charge in [0.1, 0.15) is 17.5 Å². The molecule has 0 saturated carbocycles. The molecule has 1 atom stereocenters. The fraction of sp³-hybridized carbons (Fsp3) is 0.733. The summed E-state index contributed by atoms with van der Waals surface area (Å²) in [7, 11) is 1.90. The second kappa shape index (κ2) is 8.04. The number of likely N-dealkylation sites (N-methyl/N-ethyl adjacent to an activating group) is 1. The summed E-state index contributed by atoms with van der Waals surface area (Å²) >= 11 is 0. The zero-order valence-corrected chi connectivity index (χ0v) is 13.7. The van der Waals surface area contributed by atoms with Crippen molar-refractivity contribution < 1.29 is 0 Å². The first-order valence-electron chi connectivity index (χ1n) is 7.59. The highest BCUT2D eigenvalue weighted by atomic mass is 15.2. The van der Waals surface area contributed by atoms with Crippen molar-refractivity contribution in [3.63, 3.8) is 0 Å². The maximum Gasteiger partial charge on any atom is 0.135 e. The highest BCUT2D eigenvalue weighted by Crippen LogP contribution is 2.20. The molecule has 0 aliphatic carbocycles. The Bertz CT molecular complexity index is 415. The Labute approximate surface area is 123 Å². The molecule has 1 heterocycles. The third-order valence-electron chi connectivity index (χ3n) is 3.55. The van der Waals surface area contributed by atoms with Crippen molar-refractivity contribution in [3.8, 4) is 0 Å². The molecule has 0 amide bonds. The van der Waals surface area contributed by atoms with Crippen LogP contribution in [0, 0.1) is 6.92 Å². The smallest absolute Gasteiger partial charge is 0.135 e. The summed E-state index contributed by atoms with van der Waals surface area (Å²) in [4.78, 5) is 11.5. The molecule has 0 aliphatic rings. The van der Waals surface area contributed by atoms with E-state index in [4.69, 9.17) is 0 Å². The fourth-order valence-corrected chi connectivity index (χ4v) is 2.25. The van der Waals surface area contributed by atoms with Gasteiger partial charge in [0.15, 0.2) is 0 Å². The predicted octanol–water partition coefficient (Wildman–Crippen LogP) is 2.53. The largest absolute Gasteiger partial charge is 0.373 e. The normalized spacial score (nSPS) is 12.6. The van der Waals surface area contributed by atoms with Gasteiger partial charge in [-0.2, -0.15) is 0 Å². The van der Waals surface area contributed by atoms with Crippen LogP contribution >= 0.6 is 0 Å². The number of nitrogens with zero attached hydrogens (tertiary/aromatic N) is 3. The Morgan fingerprint density at radius 1 is 1.10 bits per heavy atom. The number of hydrogen-bond donors (Lipinski definition) is 2. The Balaban J connectivity index is 2.85. The van der Waals surface area contributed by atoms with Crippen LogP contribution < -0.4 is 10.6 Å². The third kappa shape index (κ3) is 4.34. The molecule has 1 aromatic heterocycles. The van der Waals surface area contributed by atoms with E-state index in [0.717, 1.165) is 49.1 Å². The van der Waals surface area contributed by atoms with Crippen LogP contribution in [-0.2, 0) is 6.42 Å². The zero-order chi connectivity index (χ0) is 15.1. The molecule has 0 aliphatic heterocycles. The molecule has 5 heteroatoms. The van der Waals surface area contributed by atoms with Gasteiger partial charge in [-0.1, -0.05) is 20.8 Å². The van der Waals surface area contributed by atoms with Gasteiger partial charge in [0.2, 0.25) is 0 Å². The number of hydrogen-bond acceptors (Lipinski definition) is 5. The highest BCUT2D eigenvalue weighted by molar-refractivity contribution is 5.57. The molecule has 2 N–H and O–H groups in total. The third-order valence-corrected chi connectivity index (χ3v) is 3.55. The molecule has 1 aromatic rings. The quantitative estimate of drug-likeness (QED) is 0.766. The standard InChI is InChI=1S/C15H29N5/c1-7-13-18-14(16-6)12(5)15(19-13)17-11(4)10-20(8-2)9-3/h11H,7-10H2,1-6H3,(H2,16,17,18,19). The molecule has 0 bridgehead atoms. The number of rotatable bonds is 8. The second-order valence-electron chi connectivity index (χ2n) is 5.10. The van der Waals surface area contributed by atoms with Gasteiger partial charge in [-0.3, -0.25) is 0 Å². The van der Waals surface area contributed by atoms with Gasteiger partial charge in [0.25, 0.3) is 0 Å². The van der Waals surface area contributed by atoms with Gasteiger partial charge in [0.05, 0.1) is 0 Å². The summed E-state index contributed by atoms with van der Waals surface area (Å²) in [6.07, 6.45) is 0.841. The molecule has 114 valence electrons. The molecule has 0 aromatic carbocycles. The minimum absolute atomic E-state index is 0.359. The number of aryl methyl sites for hydroxylation is 1. The van der Waals surface area contributed by atoms with E-state index >= 15 is 0 Å². The van der Waals surface area contributed by atoms with Crippen LogP contribution in [-0.4, -0.2) is 47.6 Å². The van der Waals surface area contributed by atoms with Gasteiger partial charge >= 0.3 is 0 Å². The molecule has 0 radical (unpaired) electrons. The average molecular weight is 279 g/mol.